The van der Waals surface area contributed by atoms with Crippen molar-refractivity contribution in [3.63, 3.8) is 0 Å². The van der Waals surface area contributed by atoms with Gasteiger partial charge in [-0.05, 0) is 49.1 Å². The number of pyridine rings is 1. The van der Waals surface area contributed by atoms with E-state index in [9.17, 15) is 9.59 Å². The molecule has 1 aromatic rings. The molecule has 0 atom stereocenters. The highest BCUT2D eigenvalue weighted by Crippen LogP contribution is 2.26. The summed E-state index contributed by atoms with van der Waals surface area (Å²) >= 11 is 0. The second-order valence-corrected chi connectivity index (χ2v) is 7.05. The fourth-order valence-corrected chi connectivity index (χ4v) is 3.14. The number of rotatable bonds is 8. The molecule has 2 rings (SSSR count). The van der Waals surface area contributed by atoms with E-state index < -0.39 is 5.91 Å². The molecule has 0 unspecified atom stereocenters. The lowest BCUT2D eigenvalue weighted by Crippen LogP contribution is -2.34. The maximum absolute atomic E-state index is 11.5. The van der Waals surface area contributed by atoms with Gasteiger partial charge in [-0.25, -0.2) is 4.98 Å². The first kappa shape index (κ1) is 19.2. The molecular weight excluding hydrogens is 318 g/mol. The van der Waals surface area contributed by atoms with Crippen LogP contribution in [0.15, 0.2) is 18.3 Å². The molecule has 0 radical (unpaired) electrons. The summed E-state index contributed by atoms with van der Waals surface area (Å²) in [5.74, 6) is 1.23. The quantitative estimate of drug-likeness (QED) is 0.731. The molecule has 1 aromatic heterocycles. The fourth-order valence-electron chi connectivity index (χ4n) is 3.14. The second-order valence-electron chi connectivity index (χ2n) is 7.05. The van der Waals surface area contributed by atoms with E-state index in [1.807, 2.05) is 6.20 Å². The van der Waals surface area contributed by atoms with Crippen LogP contribution in [0.25, 0.3) is 0 Å². The zero-order chi connectivity index (χ0) is 18.2. The number of anilines is 1. The Kier molecular flexibility index (Phi) is 7.22. The maximum Gasteiger partial charge on any atom is 0.306 e. The van der Waals surface area contributed by atoms with Crippen LogP contribution in [0.4, 0.5) is 5.82 Å². The number of nitrogens with zero attached hydrogens (tertiary/aromatic N) is 2. The Bertz CT molecular complexity index is 564. The third-order valence-electron chi connectivity index (χ3n) is 4.74. The highest BCUT2D eigenvalue weighted by atomic mass is 16.5. The SMILES string of the molecule is CC(C)c1ccc(N2CCC(CCCC(=O)OCC(N)=O)CC2)nc1. The lowest BCUT2D eigenvalue weighted by atomic mass is 9.91. The predicted octanol–water partition coefficient (Wildman–Crippen LogP) is 2.62. The second kappa shape index (κ2) is 9.39. The van der Waals surface area contributed by atoms with Gasteiger partial charge in [0.1, 0.15) is 5.82 Å². The lowest BCUT2D eigenvalue weighted by Gasteiger charge is -2.33. The molecule has 0 saturated carbocycles. The van der Waals surface area contributed by atoms with Gasteiger partial charge in [-0.15, -0.1) is 0 Å². The van der Waals surface area contributed by atoms with Gasteiger partial charge < -0.3 is 15.4 Å². The van der Waals surface area contributed by atoms with E-state index in [1.165, 1.54) is 5.56 Å². The molecule has 138 valence electrons. The van der Waals surface area contributed by atoms with E-state index in [0.29, 0.717) is 18.3 Å². The number of piperidine rings is 1. The Morgan fingerprint density at radius 2 is 2.04 bits per heavy atom. The average molecular weight is 347 g/mol. The Hall–Kier alpha value is -2.11. The van der Waals surface area contributed by atoms with Crippen LogP contribution in [0.5, 0.6) is 0 Å². The monoisotopic (exact) mass is 347 g/mol. The highest BCUT2D eigenvalue weighted by Gasteiger charge is 2.20. The summed E-state index contributed by atoms with van der Waals surface area (Å²) in [5, 5.41) is 0. The Morgan fingerprint density at radius 3 is 2.60 bits per heavy atom. The van der Waals surface area contributed by atoms with Gasteiger partial charge in [0.05, 0.1) is 0 Å². The number of ether oxygens (including phenoxy) is 1. The van der Waals surface area contributed by atoms with Gasteiger partial charge in [-0.1, -0.05) is 19.9 Å². The zero-order valence-corrected chi connectivity index (χ0v) is 15.2. The van der Waals surface area contributed by atoms with Crippen LogP contribution >= 0.6 is 0 Å². The van der Waals surface area contributed by atoms with Crippen LogP contribution in [-0.2, 0) is 14.3 Å². The largest absolute Gasteiger partial charge is 0.456 e. The first-order valence-corrected chi connectivity index (χ1v) is 9.10. The van der Waals surface area contributed by atoms with Crippen molar-refractivity contribution < 1.29 is 14.3 Å². The maximum atomic E-state index is 11.5. The van der Waals surface area contributed by atoms with Gasteiger partial charge >= 0.3 is 5.97 Å². The molecular formula is C19H29N3O3. The number of aromatic nitrogens is 1. The number of hydrogen-bond acceptors (Lipinski definition) is 5. The van der Waals surface area contributed by atoms with E-state index in [4.69, 9.17) is 10.5 Å². The molecule has 1 saturated heterocycles. The molecule has 6 nitrogen and oxygen atoms in total. The number of hydrogen-bond donors (Lipinski definition) is 1. The van der Waals surface area contributed by atoms with Gasteiger partial charge in [-0.3, -0.25) is 9.59 Å². The number of carbonyl (C=O) groups excluding carboxylic acids is 2. The van der Waals surface area contributed by atoms with E-state index >= 15 is 0 Å². The van der Waals surface area contributed by atoms with Crippen LogP contribution < -0.4 is 10.6 Å². The van der Waals surface area contributed by atoms with E-state index in [0.717, 1.165) is 44.6 Å². The number of nitrogens with two attached hydrogens (primary N) is 1. The minimum Gasteiger partial charge on any atom is -0.456 e. The van der Waals surface area contributed by atoms with Gasteiger partial charge in [0.2, 0.25) is 0 Å². The topological polar surface area (TPSA) is 85.5 Å². The average Bonchev–Trinajstić information content (AvgIpc) is 2.60. The van der Waals surface area contributed by atoms with Crippen molar-refractivity contribution in [1.82, 2.24) is 4.98 Å². The summed E-state index contributed by atoms with van der Waals surface area (Å²) in [6, 6.07) is 4.28. The standard InChI is InChI=1S/C19H29N3O3/c1-14(2)16-6-7-18(21-12-16)22-10-8-15(9-11-22)4-3-5-19(24)25-13-17(20)23/h6-7,12,14-15H,3-5,8-11,13H2,1-2H3,(H2,20,23). The zero-order valence-electron chi connectivity index (χ0n) is 15.2. The van der Waals surface area contributed by atoms with Crippen LogP contribution in [0, 0.1) is 5.92 Å². The van der Waals surface area contributed by atoms with Crippen molar-refractivity contribution in [3.8, 4) is 0 Å². The Balaban J connectivity index is 1.67. The molecule has 0 bridgehead atoms. The summed E-state index contributed by atoms with van der Waals surface area (Å²) in [4.78, 5) is 28.9. The molecule has 0 aromatic carbocycles. The molecule has 25 heavy (non-hydrogen) atoms. The number of amides is 1. The summed E-state index contributed by atoms with van der Waals surface area (Å²) < 4.78 is 4.76. The van der Waals surface area contributed by atoms with Crippen molar-refractivity contribution in [2.75, 3.05) is 24.6 Å². The smallest absolute Gasteiger partial charge is 0.306 e. The van der Waals surface area contributed by atoms with Gasteiger partial charge in [0.25, 0.3) is 5.91 Å². The van der Waals surface area contributed by atoms with Crippen LogP contribution in [0.3, 0.4) is 0 Å². The molecule has 1 aliphatic rings. The van der Waals surface area contributed by atoms with Crippen LogP contribution in [-0.4, -0.2) is 36.6 Å². The lowest BCUT2D eigenvalue weighted by molar-refractivity contribution is -0.147. The van der Waals surface area contributed by atoms with E-state index in [1.54, 1.807) is 0 Å². The summed E-state index contributed by atoms with van der Waals surface area (Å²) in [6.45, 7) is 6.03. The molecule has 1 aliphatic heterocycles. The van der Waals surface area contributed by atoms with Crippen LogP contribution in [0.1, 0.15) is 57.4 Å². The molecule has 1 fully saturated rings. The van der Waals surface area contributed by atoms with Gasteiger partial charge in [0, 0.05) is 25.7 Å². The molecule has 6 heteroatoms. The molecule has 0 spiro atoms. The van der Waals surface area contributed by atoms with Gasteiger partial charge in [-0.2, -0.15) is 0 Å². The minimum atomic E-state index is -0.615. The highest BCUT2D eigenvalue weighted by molar-refractivity contribution is 5.78. The first-order chi connectivity index (χ1) is 12.0. The summed E-state index contributed by atoms with van der Waals surface area (Å²) in [7, 11) is 0. The van der Waals surface area contributed by atoms with Crippen molar-refractivity contribution in [2.45, 2.75) is 51.9 Å². The predicted molar refractivity (Wildman–Crippen MR) is 97.3 cm³/mol. The Labute approximate surface area is 149 Å². The molecule has 2 heterocycles. The number of carbonyl (C=O) groups is 2. The normalized spacial score (nSPS) is 15.4. The van der Waals surface area contributed by atoms with Crippen molar-refractivity contribution in [1.29, 1.82) is 0 Å². The summed E-state index contributed by atoms with van der Waals surface area (Å²) in [6.07, 6.45) is 6.37. The number of esters is 1. The fraction of sp³-hybridized carbons (Fsp3) is 0.632. The summed E-state index contributed by atoms with van der Waals surface area (Å²) in [5.41, 5.74) is 6.21. The van der Waals surface area contributed by atoms with Crippen molar-refractivity contribution in [2.24, 2.45) is 11.7 Å². The molecule has 1 amide bonds. The van der Waals surface area contributed by atoms with E-state index in [-0.39, 0.29) is 12.6 Å². The Morgan fingerprint density at radius 1 is 1.32 bits per heavy atom. The molecule has 2 N–H and O–H groups in total. The third-order valence-corrected chi connectivity index (χ3v) is 4.74. The minimum absolute atomic E-state index is 0.320. The molecule has 0 aliphatic carbocycles. The van der Waals surface area contributed by atoms with Crippen molar-refractivity contribution in [3.05, 3.63) is 23.9 Å². The van der Waals surface area contributed by atoms with Gasteiger partial charge in [0.15, 0.2) is 6.61 Å². The van der Waals surface area contributed by atoms with Crippen molar-refractivity contribution >= 4 is 17.7 Å². The first-order valence-electron chi connectivity index (χ1n) is 9.10. The number of primary amides is 1. The van der Waals surface area contributed by atoms with E-state index in [2.05, 4.69) is 35.9 Å². The third kappa shape index (κ3) is 6.36. The van der Waals surface area contributed by atoms with Crippen LogP contribution in [0.2, 0.25) is 0 Å².